The number of carbonyl (C=O) groups excluding carboxylic acids is 1. The van der Waals surface area contributed by atoms with Crippen molar-refractivity contribution in [2.45, 2.75) is 19.4 Å². The fraction of sp³-hybridized carbons (Fsp3) is 0.500. The summed E-state index contributed by atoms with van der Waals surface area (Å²) < 4.78 is 8.59. The van der Waals surface area contributed by atoms with Gasteiger partial charge in [0.15, 0.2) is 0 Å². The van der Waals surface area contributed by atoms with Crippen molar-refractivity contribution in [2.75, 3.05) is 7.11 Å². The second-order valence-corrected chi connectivity index (χ2v) is 3.59. The van der Waals surface area contributed by atoms with Gasteiger partial charge >= 0.3 is 5.97 Å². The van der Waals surface area contributed by atoms with E-state index in [9.17, 15) is 4.79 Å². The van der Waals surface area contributed by atoms with Crippen molar-refractivity contribution in [1.29, 1.82) is 0 Å². The third kappa shape index (κ3) is 2.78. The van der Waals surface area contributed by atoms with E-state index >= 15 is 0 Å². The SMILES string of the molecule is COC(=O)C[C@@H](N)c1cc(C)ns1. The van der Waals surface area contributed by atoms with Gasteiger partial charge in [0, 0.05) is 4.88 Å². The molecule has 0 saturated heterocycles. The molecule has 0 amide bonds. The van der Waals surface area contributed by atoms with E-state index in [1.54, 1.807) is 0 Å². The van der Waals surface area contributed by atoms with Gasteiger partial charge in [0.1, 0.15) is 0 Å². The third-order valence-corrected chi connectivity index (χ3v) is 2.64. The average Bonchev–Trinajstić information content (AvgIpc) is 2.51. The molecule has 1 heterocycles. The van der Waals surface area contributed by atoms with Crippen molar-refractivity contribution in [1.82, 2.24) is 4.37 Å². The highest BCUT2D eigenvalue weighted by molar-refractivity contribution is 7.05. The topological polar surface area (TPSA) is 65.2 Å². The number of aryl methyl sites for hydroxylation is 1. The van der Waals surface area contributed by atoms with E-state index in [2.05, 4.69) is 9.11 Å². The first-order chi connectivity index (χ1) is 6.13. The summed E-state index contributed by atoms with van der Waals surface area (Å²) in [7, 11) is 1.35. The Morgan fingerprint density at radius 2 is 2.54 bits per heavy atom. The summed E-state index contributed by atoms with van der Waals surface area (Å²) in [6.45, 7) is 1.89. The highest BCUT2D eigenvalue weighted by Crippen LogP contribution is 2.19. The molecule has 0 spiro atoms. The Morgan fingerprint density at radius 1 is 1.85 bits per heavy atom. The maximum atomic E-state index is 10.9. The predicted molar refractivity (Wildman–Crippen MR) is 50.4 cm³/mol. The normalized spacial score (nSPS) is 12.5. The van der Waals surface area contributed by atoms with Gasteiger partial charge in [0.05, 0.1) is 25.3 Å². The maximum absolute atomic E-state index is 10.9. The quantitative estimate of drug-likeness (QED) is 0.740. The number of carbonyl (C=O) groups is 1. The van der Waals surface area contributed by atoms with E-state index in [0.29, 0.717) is 0 Å². The number of aromatic nitrogens is 1. The van der Waals surface area contributed by atoms with Gasteiger partial charge in [-0.15, -0.1) is 0 Å². The highest BCUT2D eigenvalue weighted by atomic mass is 32.1. The molecule has 1 rings (SSSR count). The van der Waals surface area contributed by atoms with Crippen molar-refractivity contribution in [2.24, 2.45) is 5.73 Å². The first-order valence-corrected chi connectivity index (χ1v) is 4.66. The Labute approximate surface area is 80.9 Å². The molecule has 4 nitrogen and oxygen atoms in total. The Bertz CT molecular complexity index is 298. The molecule has 0 fully saturated rings. The van der Waals surface area contributed by atoms with Gasteiger partial charge in [0.2, 0.25) is 0 Å². The van der Waals surface area contributed by atoms with E-state index < -0.39 is 0 Å². The smallest absolute Gasteiger partial charge is 0.307 e. The van der Waals surface area contributed by atoms with Crippen molar-refractivity contribution in [3.63, 3.8) is 0 Å². The van der Waals surface area contributed by atoms with Crippen molar-refractivity contribution in [3.8, 4) is 0 Å². The van der Waals surface area contributed by atoms with Crippen LogP contribution in [0.5, 0.6) is 0 Å². The Hall–Kier alpha value is -0.940. The van der Waals surface area contributed by atoms with Crippen LogP contribution in [-0.4, -0.2) is 17.5 Å². The lowest BCUT2D eigenvalue weighted by atomic mass is 10.2. The van der Waals surface area contributed by atoms with Crippen LogP contribution in [0.25, 0.3) is 0 Å². The summed E-state index contributed by atoms with van der Waals surface area (Å²) >= 11 is 1.33. The molecule has 0 unspecified atom stereocenters. The van der Waals surface area contributed by atoms with Crippen LogP contribution in [0.2, 0.25) is 0 Å². The first kappa shape index (κ1) is 10.1. The zero-order valence-corrected chi connectivity index (χ0v) is 8.43. The molecule has 1 aromatic heterocycles. The molecule has 0 aliphatic heterocycles. The van der Waals surface area contributed by atoms with E-state index in [1.165, 1.54) is 18.6 Å². The molecule has 0 aliphatic carbocycles. The number of nitrogens with zero attached hydrogens (tertiary/aromatic N) is 1. The number of ether oxygens (including phenoxy) is 1. The third-order valence-electron chi connectivity index (χ3n) is 1.63. The first-order valence-electron chi connectivity index (χ1n) is 3.89. The predicted octanol–water partition coefficient (Wildman–Crippen LogP) is 1.01. The summed E-state index contributed by atoms with van der Waals surface area (Å²) in [6.07, 6.45) is 0.206. The largest absolute Gasteiger partial charge is 0.469 e. The molecule has 0 bridgehead atoms. The lowest BCUT2D eigenvalue weighted by molar-refractivity contribution is -0.141. The molecule has 0 aliphatic rings. The number of esters is 1. The zero-order chi connectivity index (χ0) is 9.84. The zero-order valence-electron chi connectivity index (χ0n) is 7.61. The molecule has 0 radical (unpaired) electrons. The molecule has 1 aromatic rings. The minimum absolute atomic E-state index is 0.206. The van der Waals surface area contributed by atoms with Gasteiger partial charge in [-0.2, -0.15) is 4.37 Å². The van der Waals surface area contributed by atoms with Crippen molar-refractivity contribution >= 4 is 17.5 Å². The van der Waals surface area contributed by atoms with E-state index in [0.717, 1.165) is 10.6 Å². The number of hydrogen-bond acceptors (Lipinski definition) is 5. The Balaban J connectivity index is 2.58. The Kier molecular flexibility index (Phi) is 3.39. The standard InChI is InChI=1S/C8H12N2O2S/c1-5-3-7(13-10-5)6(9)4-8(11)12-2/h3,6H,4,9H2,1-2H3/t6-/m1/s1. The second kappa shape index (κ2) is 4.34. The summed E-state index contributed by atoms with van der Waals surface area (Å²) in [5.41, 5.74) is 6.69. The summed E-state index contributed by atoms with van der Waals surface area (Å²) in [4.78, 5) is 11.8. The summed E-state index contributed by atoms with van der Waals surface area (Å²) in [5.74, 6) is -0.293. The van der Waals surface area contributed by atoms with Crippen LogP contribution < -0.4 is 5.73 Å². The average molecular weight is 200 g/mol. The minimum atomic E-state index is -0.293. The summed E-state index contributed by atoms with van der Waals surface area (Å²) in [6, 6.07) is 1.59. The van der Waals surface area contributed by atoms with Gasteiger partial charge in [-0.1, -0.05) is 0 Å². The fourth-order valence-corrected chi connectivity index (χ4v) is 1.67. The molecule has 72 valence electrons. The van der Waals surface area contributed by atoms with Crippen LogP contribution in [0.1, 0.15) is 23.0 Å². The van der Waals surface area contributed by atoms with Gasteiger partial charge in [0.25, 0.3) is 0 Å². The monoisotopic (exact) mass is 200 g/mol. The molecule has 13 heavy (non-hydrogen) atoms. The Morgan fingerprint density at radius 3 is 3.00 bits per heavy atom. The number of methoxy groups -OCH3 is 1. The molecule has 0 aromatic carbocycles. The number of nitrogens with two attached hydrogens (primary N) is 1. The number of rotatable bonds is 3. The van der Waals surface area contributed by atoms with Crippen LogP contribution in [0.15, 0.2) is 6.07 Å². The molecule has 1 atom stereocenters. The molecule has 0 saturated carbocycles. The van der Waals surface area contributed by atoms with E-state index in [4.69, 9.17) is 5.73 Å². The van der Waals surface area contributed by atoms with Crippen LogP contribution in [0.4, 0.5) is 0 Å². The van der Waals surface area contributed by atoms with Gasteiger partial charge in [-0.25, -0.2) is 0 Å². The summed E-state index contributed by atoms with van der Waals surface area (Å²) in [5, 5.41) is 0. The lowest BCUT2D eigenvalue weighted by Crippen LogP contribution is -2.15. The van der Waals surface area contributed by atoms with Crippen molar-refractivity contribution < 1.29 is 9.53 Å². The molecule has 5 heteroatoms. The second-order valence-electron chi connectivity index (χ2n) is 2.76. The molecular weight excluding hydrogens is 188 g/mol. The highest BCUT2D eigenvalue weighted by Gasteiger charge is 2.13. The van der Waals surface area contributed by atoms with E-state index in [1.807, 2.05) is 13.0 Å². The minimum Gasteiger partial charge on any atom is -0.469 e. The van der Waals surface area contributed by atoms with Gasteiger partial charge < -0.3 is 10.5 Å². The molecule has 2 N–H and O–H groups in total. The number of hydrogen-bond donors (Lipinski definition) is 1. The van der Waals surface area contributed by atoms with Gasteiger partial charge in [-0.3, -0.25) is 4.79 Å². The van der Waals surface area contributed by atoms with Crippen LogP contribution in [0.3, 0.4) is 0 Å². The molecular formula is C8H12N2O2S. The van der Waals surface area contributed by atoms with Crippen LogP contribution in [-0.2, 0) is 9.53 Å². The maximum Gasteiger partial charge on any atom is 0.307 e. The van der Waals surface area contributed by atoms with Crippen LogP contribution >= 0.6 is 11.5 Å². The van der Waals surface area contributed by atoms with Crippen LogP contribution in [0, 0.1) is 6.92 Å². The van der Waals surface area contributed by atoms with E-state index in [-0.39, 0.29) is 18.4 Å². The van der Waals surface area contributed by atoms with Crippen molar-refractivity contribution in [3.05, 3.63) is 16.6 Å². The fourth-order valence-electron chi connectivity index (χ4n) is 0.922. The van der Waals surface area contributed by atoms with Gasteiger partial charge in [-0.05, 0) is 24.5 Å². The lowest BCUT2D eigenvalue weighted by Gasteiger charge is -2.05.